The quantitative estimate of drug-likeness (QED) is 0.902. The van der Waals surface area contributed by atoms with Crippen molar-refractivity contribution in [3.05, 3.63) is 28.8 Å². The van der Waals surface area contributed by atoms with Crippen LogP contribution in [0.4, 0.5) is 5.69 Å². The highest BCUT2D eigenvalue weighted by Crippen LogP contribution is 2.20. The predicted molar refractivity (Wildman–Crippen MR) is 73.6 cm³/mol. The molecule has 0 fully saturated rings. The number of nitriles is 1. The molecule has 0 heterocycles. The molecule has 6 heteroatoms. The molecule has 0 saturated heterocycles. The van der Waals surface area contributed by atoms with Gasteiger partial charge >= 0.3 is 0 Å². The number of halogens is 1. The molecule has 0 aliphatic carbocycles. The van der Waals surface area contributed by atoms with Crippen molar-refractivity contribution < 1.29 is 8.42 Å². The molecule has 0 atom stereocenters. The first-order chi connectivity index (χ1) is 8.36. The van der Waals surface area contributed by atoms with Gasteiger partial charge < -0.3 is 5.32 Å². The number of nitrogens with zero attached hydrogens (tertiary/aromatic N) is 1. The molecule has 1 rings (SSSR count). The molecular formula is C12H15ClN2O2S. The average molecular weight is 287 g/mol. The summed E-state index contributed by atoms with van der Waals surface area (Å²) < 4.78 is 23.2. The maximum Gasteiger partial charge on any atom is 0.154 e. The Morgan fingerprint density at radius 3 is 2.61 bits per heavy atom. The number of rotatable bonds is 5. The SMILES string of the molecule is CC(C)S(=O)(=O)CCNc1ccc(C#N)c(Cl)c1. The van der Waals surface area contributed by atoms with E-state index < -0.39 is 9.84 Å². The monoisotopic (exact) mass is 286 g/mol. The second-order valence-electron chi connectivity index (χ2n) is 4.15. The van der Waals surface area contributed by atoms with Crippen LogP contribution in [0.1, 0.15) is 19.4 Å². The van der Waals surface area contributed by atoms with E-state index in [0.717, 1.165) is 0 Å². The minimum atomic E-state index is -3.04. The van der Waals surface area contributed by atoms with E-state index in [1.54, 1.807) is 32.0 Å². The van der Waals surface area contributed by atoms with Gasteiger partial charge in [-0.15, -0.1) is 0 Å². The highest BCUT2D eigenvalue weighted by Gasteiger charge is 2.15. The van der Waals surface area contributed by atoms with Gasteiger partial charge in [0.2, 0.25) is 0 Å². The zero-order chi connectivity index (χ0) is 13.8. The second-order valence-corrected chi connectivity index (χ2v) is 7.23. The normalized spacial score (nSPS) is 11.3. The Bertz CT molecular complexity index is 562. The van der Waals surface area contributed by atoms with E-state index >= 15 is 0 Å². The van der Waals surface area contributed by atoms with Crippen molar-refractivity contribution in [3.8, 4) is 6.07 Å². The van der Waals surface area contributed by atoms with Crippen molar-refractivity contribution in [2.45, 2.75) is 19.1 Å². The molecule has 1 N–H and O–H groups in total. The summed E-state index contributed by atoms with van der Waals surface area (Å²) >= 11 is 5.87. The lowest BCUT2D eigenvalue weighted by Crippen LogP contribution is -2.22. The minimum Gasteiger partial charge on any atom is -0.384 e. The summed E-state index contributed by atoms with van der Waals surface area (Å²) in [6.45, 7) is 3.64. The first kappa shape index (κ1) is 14.8. The summed E-state index contributed by atoms with van der Waals surface area (Å²) in [6.07, 6.45) is 0. The standard InChI is InChI=1S/C12H15ClN2O2S/c1-9(2)18(16,17)6-5-15-11-4-3-10(8-14)12(13)7-11/h3-4,7,9,15H,5-6H2,1-2H3. The molecule has 0 unspecified atom stereocenters. The van der Waals surface area contributed by atoms with Crippen LogP contribution in [-0.2, 0) is 9.84 Å². The van der Waals surface area contributed by atoms with Crippen LogP contribution in [-0.4, -0.2) is 26.0 Å². The van der Waals surface area contributed by atoms with Gasteiger partial charge in [-0.05, 0) is 32.0 Å². The number of anilines is 1. The molecule has 98 valence electrons. The van der Waals surface area contributed by atoms with E-state index in [4.69, 9.17) is 16.9 Å². The van der Waals surface area contributed by atoms with Crippen LogP contribution >= 0.6 is 11.6 Å². The van der Waals surface area contributed by atoms with Gasteiger partial charge in [-0.25, -0.2) is 8.42 Å². The lowest BCUT2D eigenvalue weighted by atomic mass is 10.2. The van der Waals surface area contributed by atoms with Crippen molar-refractivity contribution in [3.63, 3.8) is 0 Å². The molecule has 4 nitrogen and oxygen atoms in total. The third-order valence-electron chi connectivity index (χ3n) is 2.52. The minimum absolute atomic E-state index is 0.0717. The van der Waals surface area contributed by atoms with E-state index in [9.17, 15) is 8.42 Å². The van der Waals surface area contributed by atoms with Gasteiger partial charge in [-0.2, -0.15) is 5.26 Å². The maximum absolute atomic E-state index is 11.6. The Labute approximate surface area is 112 Å². The number of hydrogen-bond acceptors (Lipinski definition) is 4. The molecular weight excluding hydrogens is 272 g/mol. The van der Waals surface area contributed by atoms with Gasteiger partial charge in [0.1, 0.15) is 6.07 Å². The molecule has 1 aromatic rings. The van der Waals surface area contributed by atoms with Crippen LogP contribution in [0.5, 0.6) is 0 Å². The summed E-state index contributed by atoms with van der Waals surface area (Å²) in [7, 11) is -3.04. The van der Waals surface area contributed by atoms with E-state index in [1.807, 2.05) is 6.07 Å². The van der Waals surface area contributed by atoms with Crippen molar-refractivity contribution in [2.75, 3.05) is 17.6 Å². The molecule has 0 aliphatic heterocycles. The summed E-state index contributed by atoms with van der Waals surface area (Å²) in [5, 5.41) is 11.7. The molecule has 0 radical (unpaired) electrons. The van der Waals surface area contributed by atoms with E-state index in [2.05, 4.69) is 5.32 Å². The van der Waals surface area contributed by atoms with Crippen LogP contribution in [0.3, 0.4) is 0 Å². The summed E-state index contributed by atoms with van der Waals surface area (Å²) in [6, 6.07) is 6.87. The van der Waals surface area contributed by atoms with Gasteiger partial charge in [-0.1, -0.05) is 11.6 Å². The molecule has 1 aromatic carbocycles. The molecule has 0 aliphatic rings. The van der Waals surface area contributed by atoms with Gasteiger partial charge in [0.05, 0.1) is 21.6 Å². The van der Waals surface area contributed by atoms with Crippen molar-refractivity contribution in [1.29, 1.82) is 5.26 Å². The largest absolute Gasteiger partial charge is 0.384 e. The van der Waals surface area contributed by atoms with Crippen LogP contribution in [0, 0.1) is 11.3 Å². The first-order valence-electron chi connectivity index (χ1n) is 5.52. The number of hydrogen-bond donors (Lipinski definition) is 1. The maximum atomic E-state index is 11.6. The van der Waals surface area contributed by atoms with Crippen LogP contribution < -0.4 is 5.32 Å². The Kier molecular flexibility index (Phi) is 5.00. The van der Waals surface area contributed by atoms with Crippen molar-refractivity contribution in [1.82, 2.24) is 0 Å². The Morgan fingerprint density at radius 2 is 2.11 bits per heavy atom. The topological polar surface area (TPSA) is 70.0 Å². The fraction of sp³-hybridized carbons (Fsp3) is 0.417. The Morgan fingerprint density at radius 1 is 1.44 bits per heavy atom. The van der Waals surface area contributed by atoms with Gasteiger partial charge in [-0.3, -0.25) is 0 Å². The smallest absolute Gasteiger partial charge is 0.154 e. The zero-order valence-corrected chi connectivity index (χ0v) is 11.8. The third-order valence-corrected chi connectivity index (χ3v) is 5.05. The van der Waals surface area contributed by atoms with Gasteiger partial charge in [0, 0.05) is 12.2 Å². The third kappa shape index (κ3) is 3.90. The zero-order valence-electron chi connectivity index (χ0n) is 10.3. The molecule has 0 saturated carbocycles. The van der Waals surface area contributed by atoms with Gasteiger partial charge in [0.25, 0.3) is 0 Å². The Hall–Kier alpha value is -1.25. The summed E-state index contributed by atoms with van der Waals surface area (Å²) in [4.78, 5) is 0. The van der Waals surface area contributed by atoms with Crippen molar-refractivity contribution >= 4 is 27.1 Å². The summed E-state index contributed by atoms with van der Waals surface area (Å²) in [5.74, 6) is 0.0717. The fourth-order valence-corrected chi connectivity index (χ4v) is 2.37. The predicted octanol–water partition coefficient (Wildman–Crippen LogP) is 2.45. The first-order valence-corrected chi connectivity index (χ1v) is 7.61. The highest BCUT2D eigenvalue weighted by atomic mass is 35.5. The van der Waals surface area contributed by atoms with Gasteiger partial charge in [0.15, 0.2) is 9.84 Å². The van der Waals surface area contributed by atoms with E-state index in [-0.39, 0.29) is 11.0 Å². The highest BCUT2D eigenvalue weighted by molar-refractivity contribution is 7.92. The molecule has 0 aromatic heterocycles. The molecule has 0 spiro atoms. The molecule has 0 amide bonds. The summed E-state index contributed by atoms with van der Waals surface area (Å²) in [5.41, 5.74) is 1.11. The van der Waals surface area contributed by atoms with Crippen LogP contribution in [0.15, 0.2) is 18.2 Å². The van der Waals surface area contributed by atoms with Crippen molar-refractivity contribution in [2.24, 2.45) is 0 Å². The van der Waals surface area contributed by atoms with E-state index in [1.165, 1.54) is 0 Å². The average Bonchev–Trinajstić information content (AvgIpc) is 2.29. The van der Waals surface area contributed by atoms with Crippen LogP contribution in [0.25, 0.3) is 0 Å². The number of sulfone groups is 1. The number of benzene rings is 1. The number of nitrogens with one attached hydrogen (secondary N) is 1. The van der Waals surface area contributed by atoms with Crippen LogP contribution in [0.2, 0.25) is 5.02 Å². The lowest BCUT2D eigenvalue weighted by Gasteiger charge is -2.10. The Balaban J connectivity index is 2.61. The molecule has 18 heavy (non-hydrogen) atoms. The van der Waals surface area contributed by atoms with E-state index in [0.29, 0.717) is 22.8 Å². The fourth-order valence-electron chi connectivity index (χ4n) is 1.29. The second kappa shape index (κ2) is 6.07. The lowest BCUT2D eigenvalue weighted by molar-refractivity contribution is 0.588. The molecule has 0 bridgehead atoms.